The van der Waals surface area contributed by atoms with Crippen molar-refractivity contribution in [2.45, 2.75) is 12.8 Å². The fourth-order valence-corrected chi connectivity index (χ4v) is 2.90. The summed E-state index contributed by atoms with van der Waals surface area (Å²) < 4.78 is 0. The van der Waals surface area contributed by atoms with Crippen LogP contribution in [0.4, 0.5) is 0 Å². The monoisotopic (exact) mass is 377 g/mol. The van der Waals surface area contributed by atoms with Gasteiger partial charge < -0.3 is 0 Å². The van der Waals surface area contributed by atoms with Gasteiger partial charge in [-0.2, -0.15) is 5.26 Å². The van der Waals surface area contributed by atoms with Crippen LogP contribution in [0.3, 0.4) is 0 Å². The van der Waals surface area contributed by atoms with Crippen molar-refractivity contribution in [1.82, 2.24) is 10.4 Å². The van der Waals surface area contributed by atoms with Crippen LogP contribution < -0.4 is 5.43 Å². The van der Waals surface area contributed by atoms with Gasteiger partial charge in [-0.1, -0.05) is 60.1 Å². The Labute approximate surface area is 162 Å². The summed E-state index contributed by atoms with van der Waals surface area (Å²) in [5.41, 5.74) is 5.32. The molecular formula is C21H16ClN3O2. The van der Waals surface area contributed by atoms with Crippen LogP contribution in [-0.2, 0) is 9.59 Å². The molecule has 2 amide bonds. The van der Waals surface area contributed by atoms with Gasteiger partial charge in [0, 0.05) is 5.02 Å². The summed E-state index contributed by atoms with van der Waals surface area (Å²) in [6.45, 7) is 5.76. The number of hydrogen-bond acceptors (Lipinski definition) is 3. The number of nitriles is 1. The third-order valence-corrected chi connectivity index (χ3v) is 4.49. The summed E-state index contributed by atoms with van der Waals surface area (Å²) in [4.78, 5) is 25.1. The Morgan fingerprint density at radius 1 is 1.19 bits per heavy atom. The molecule has 6 heteroatoms. The molecule has 0 spiro atoms. The molecule has 1 N–H and O–H groups in total. The highest BCUT2D eigenvalue weighted by Crippen LogP contribution is 2.27. The van der Waals surface area contributed by atoms with Crippen molar-refractivity contribution in [2.24, 2.45) is 0 Å². The van der Waals surface area contributed by atoms with Gasteiger partial charge in [-0.3, -0.25) is 15.0 Å². The first-order valence-electron chi connectivity index (χ1n) is 8.18. The Kier molecular flexibility index (Phi) is 5.11. The summed E-state index contributed by atoms with van der Waals surface area (Å²) in [6.07, 6.45) is 1.46. The van der Waals surface area contributed by atoms with Crippen LogP contribution in [0.25, 0.3) is 5.57 Å². The number of hydrazine groups is 1. The topological polar surface area (TPSA) is 73.2 Å². The average molecular weight is 378 g/mol. The number of halogens is 1. The smallest absolute Gasteiger partial charge is 0.262 e. The maximum absolute atomic E-state index is 12.7. The van der Waals surface area contributed by atoms with Crippen molar-refractivity contribution in [3.8, 4) is 6.07 Å². The number of hydrogen-bond donors (Lipinski definition) is 1. The maximum Gasteiger partial charge on any atom is 0.262 e. The van der Waals surface area contributed by atoms with Gasteiger partial charge in [0.2, 0.25) is 0 Å². The number of amides is 2. The molecule has 1 unspecified atom stereocenters. The zero-order chi connectivity index (χ0) is 19.6. The van der Waals surface area contributed by atoms with E-state index in [4.69, 9.17) is 11.6 Å². The van der Waals surface area contributed by atoms with Crippen molar-refractivity contribution in [2.75, 3.05) is 0 Å². The van der Waals surface area contributed by atoms with Crippen molar-refractivity contribution >= 4 is 29.0 Å². The molecule has 3 rings (SSSR count). The highest BCUT2D eigenvalue weighted by Gasteiger charge is 2.41. The molecule has 1 atom stereocenters. The van der Waals surface area contributed by atoms with E-state index in [1.807, 2.05) is 19.1 Å². The predicted octanol–water partition coefficient (Wildman–Crippen LogP) is 3.73. The molecule has 27 heavy (non-hydrogen) atoms. The van der Waals surface area contributed by atoms with Gasteiger partial charge in [0.25, 0.3) is 11.8 Å². The Morgan fingerprint density at radius 3 is 2.41 bits per heavy atom. The van der Waals surface area contributed by atoms with Gasteiger partial charge in [-0.25, -0.2) is 5.01 Å². The van der Waals surface area contributed by atoms with Gasteiger partial charge in [0.05, 0.1) is 17.3 Å². The van der Waals surface area contributed by atoms with E-state index in [0.29, 0.717) is 21.7 Å². The molecular weight excluding hydrogens is 362 g/mol. The molecule has 1 heterocycles. The quantitative estimate of drug-likeness (QED) is 0.501. The van der Waals surface area contributed by atoms with E-state index in [0.717, 1.165) is 10.6 Å². The van der Waals surface area contributed by atoms with Gasteiger partial charge in [-0.05, 0) is 36.3 Å². The predicted molar refractivity (Wildman–Crippen MR) is 103 cm³/mol. The van der Waals surface area contributed by atoms with E-state index in [1.54, 1.807) is 36.4 Å². The van der Waals surface area contributed by atoms with Crippen LogP contribution in [0.2, 0.25) is 5.02 Å². The van der Waals surface area contributed by atoms with Crippen LogP contribution in [-0.4, -0.2) is 16.8 Å². The Bertz CT molecular complexity index is 986. The molecule has 1 saturated heterocycles. The lowest BCUT2D eigenvalue weighted by Gasteiger charge is -2.16. The number of benzene rings is 2. The second-order valence-electron chi connectivity index (χ2n) is 6.16. The average Bonchev–Trinajstić information content (AvgIpc) is 2.96. The van der Waals surface area contributed by atoms with Crippen molar-refractivity contribution in [1.29, 1.82) is 5.26 Å². The number of aryl methyl sites for hydroxylation is 1. The highest BCUT2D eigenvalue weighted by atomic mass is 35.5. The summed E-state index contributed by atoms with van der Waals surface area (Å²) in [6, 6.07) is 16.0. The molecule has 0 bridgehead atoms. The lowest BCUT2D eigenvalue weighted by Crippen LogP contribution is -2.34. The largest absolute Gasteiger partial charge is 0.272 e. The Hall–Kier alpha value is -3.36. The molecule has 1 aliphatic heterocycles. The lowest BCUT2D eigenvalue weighted by molar-refractivity contribution is -0.128. The van der Waals surface area contributed by atoms with Crippen LogP contribution in [0.1, 0.15) is 22.6 Å². The van der Waals surface area contributed by atoms with E-state index in [9.17, 15) is 14.9 Å². The summed E-state index contributed by atoms with van der Waals surface area (Å²) in [7, 11) is 0. The molecule has 1 fully saturated rings. The number of carbonyl (C=O) groups excluding carboxylic acids is 2. The lowest BCUT2D eigenvalue weighted by atomic mass is 9.97. The SMILES string of the molecule is C=C(/C=C(\C#N)c1ccc(Cl)cc1)N1NC(=O)C(c2ccc(C)cc2)C1=O. The molecule has 5 nitrogen and oxygen atoms in total. The molecule has 0 aromatic heterocycles. The number of allylic oxidation sites excluding steroid dienone is 2. The number of rotatable bonds is 4. The Morgan fingerprint density at radius 2 is 1.81 bits per heavy atom. The van der Waals surface area contributed by atoms with Gasteiger partial charge in [-0.15, -0.1) is 0 Å². The molecule has 134 valence electrons. The van der Waals surface area contributed by atoms with Gasteiger partial charge >= 0.3 is 0 Å². The molecule has 1 aliphatic rings. The number of nitrogens with one attached hydrogen (secondary N) is 1. The first kappa shape index (κ1) is 18.4. The maximum atomic E-state index is 12.7. The summed E-state index contributed by atoms with van der Waals surface area (Å²) in [5.74, 6) is -1.79. The van der Waals surface area contributed by atoms with Crippen LogP contribution in [0.5, 0.6) is 0 Å². The normalized spacial score (nSPS) is 16.9. The van der Waals surface area contributed by atoms with E-state index < -0.39 is 17.7 Å². The molecule has 2 aromatic carbocycles. The first-order chi connectivity index (χ1) is 12.9. The van der Waals surface area contributed by atoms with E-state index in [-0.39, 0.29) is 5.70 Å². The minimum atomic E-state index is -0.934. The van der Waals surface area contributed by atoms with Crippen molar-refractivity contribution < 1.29 is 9.59 Å². The minimum Gasteiger partial charge on any atom is -0.272 e. The number of nitrogens with zero attached hydrogens (tertiary/aromatic N) is 2. The summed E-state index contributed by atoms with van der Waals surface area (Å²) >= 11 is 5.87. The molecule has 0 aliphatic carbocycles. The molecule has 2 aromatic rings. The second kappa shape index (κ2) is 7.48. The van der Waals surface area contributed by atoms with Crippen LogP contribution in [0, 0.1) is 18.3 Å². The van der Waals surface area contributed by atoms with Crippen LogP contribution in [0.15, 0.2) is 66.9 Å². The zero-order valence-electron chi connectivity index (χ0n) is 14.6. The van der Waals surface area contributed by atoms with Crippen LogP contribution >= 0.6 is 11.6 Å². The second-order valence-corrected chi connectivity index (χ2v) is 6.60. The first-order valence-corrected chi connectivity index (χ1v) is 8.56. The minimum absolute atomic E-state index is 0.203. The van der Waals surface area contributed by atoms with Gasteiger partial charge in [0.1, 0.15) is 5.92 Å². The van der Waals surface area contributed by atoms with Crippen molar-refractivity contribution in [3.63, 3.8) is 0 Å². The highest BCUT2D eigenvalue weighted by molar-refractivity contribution is 6.30. The van der Waals surface area contributed by atoms with E-state index >= 15 is 0 Å². The number of carbonyl (C=O) groups is 2. The Balaban J connectivity index is 1.85. The molecule has 0 saturated carbocycles. The third-order valence-electron chi connectivity index (χ3n) is 4.24. The zero-order valence-corrected chi connectivity index (χ0v) is 15.3. The summed E-state index contributed by atoms with van der Waals surface area (Å²) in [5, 5.41) is 11.1. The van der Waals surface area contributed by atoms with E-state index in [1.165, 1.54) is 6.08 Å². The van der Waals surface area contributed by atoms with Crippen molar-refractivity contribution in [3.05, 3.63) is 88.6 Å². The van der Waals surface area contributed by atoms with E-state index in [2.05, 4.69) is 18.1 Å². The van der Waals surface area contributed by atoms with Gasteiger partial charge in [0.15, 0.2) is 0 Å². The fraction of sp³-hybridized carbons (Fsp3) is 0.0952. The standard InChI is InChI=1S/C21H16ClN3O2/c1-13-3-5-16(6-4-13)19-20(26)24-25(21(19)27)14(2)11-17(12-23)15-7-9-18(22)10-8-15/h3-11,19H,2H2,1H3,(H,24,26)/b17-11+. The molecule has 0 radical (unpaired) electrons. The fourth-order valence-electron chi connectivity index (χ4n) is 2.78. The third kappa shape index (κ3) is 3.76.